The van der Waals surface area contributed by atoms with E-state index in [4.69, 9.17) is 10.00 Å². The molecule has 5 heteroatoms. The average Bonchev–Trinajstić information content (AvgIpc) is 2.20. The Hall–Kier alpha value is -1.12. The maximum absolute atomic E-state index is 10.9. The van der Waals surface area contributed by atoms with E-state index in [-0.39, 0.29) is 19.0 Å². The first-order chi connectivity index (χ1) is 6.81. The number of hydrogen-bond acceptors (Lipinski definition) is 4. The van der Waals surface area contributed by atoms with E-state index in [0.29, 0.717) is 6.61 Å². The summed E-state index contributed by atoms with van der Waals surface area (Å²) in [5, 5.41) is 13.6. The van der Waals surface area contributed by atoms with Gasteiger partial charge in [0.2, 0.25) is 5.91 Å². The molecule has 1 amide bonds. The molecule has 80 valence electrons. The number of rotatable bonds is 8. The van der Waals surface area contributed by atoms with E-state index in [9.17, 15) is 4.79 Å². The highest BCUT2D eigenvalue weighted by atomic mass is 16.5. The van der Waals surface area contributed by atoms with E-state index in [0.717, 1.165) is 19.6 Å². The summed E-state index contributed by atoms with van der Waals surface area (Å²) in [4.78, 5) is 10.9. The topological polar surface area (TPSA) is 74.2 Å². The van der Waals surface area contributed by atoms with Gasteiger partial charge in [-0.05, 0) is 19.9 Å². The van der Waals surface area contributed by atoms with Gasteiger partial charge in [-0.25, -0.2) is 0 Å². The number of carbonyl (C=O) groups excluding carboxylic acids is 1. The smallest absolute Gasteiger partial charge is 0.234 e. The molecule has 0 bridgehead atoms. The van der Waals surface area contributed by atoms with Crippen LogP contribution in [0.4, 0.5) is 0 Å². The van der Waals surface area contributed by atoms with Gasteiger partial charge in [-0.15, -0.1) is 0 Å². The van der Waals surface area contributed by atoms with Gasteiger partial charge in [0.25, 0.3) is 0 Å². The molecule has 0 heterocycles. The number of nitriles is 1. The maximum atomic E-state index is 10.9. The molecule has 0 atom stereocenters. The molecule has 0 radical (unpaired) electrons. The molecule has 0 saturated carbocycles. The molecule has 0 unspecified atom stereocenters. The van der Waals surface area contributed by atoms with Crippen LogP contribution in [0.3, 0.4) is 0 Å². The van der Waals surface area contributed by atoms with E-state index in [1.54, 1.807) is 0 Å². The zero-order valence-corrected chi connectivity index (χ0v) is 8.51. The van der Waals surface area contributed by atoms with E-state index in [2.05, 4.69) is 10.6 Å². The van der Waals surface area contributed by atoms with E-state index in [1.807, 2.05) is 13.0 Å². The van der Waals surface area contributed by atoms with Crippen molar-refractivity contribution in [1.29, 1.82) is 5.26 Å². The van der Waals surface area contributed by atoms with Crippen molar-refractivity contribution in [1.82, 2.24) is 10.6 Å². The fraction of sp³-hybridized carbons (Fsp3) is 0.778. The van der Waals surface area contributed by atoms with Crippen LogP contribution in [0.5, 0.6) is 0 Å². The highest BCUT2D eigenvalue weighted by Crippen LogP contribution is 1.79. The fourth-order valence-electron chi connectivity index (χ4n) is 0.846. The highest BCUT2D eigenvalue weighted by molar-refractivity contribution is 5.78. The van der Waals surface area contributed by atoms with Crippen LogP contribution >= 0.6 is 0 Å². The van der Waals surface area contributed by atoms with Crippen molar-refractivity contribution in [2.24, 2.45) is 0 Å². The van der Waals surface area contributed by atoms with Crippen molar-refractivity contribution in [3.8, 4) is 6.07 Å². The molecule has 0 aromatic rings. The lowest BCUT2D eigenvalue weighted by atomic mass is 10.4. The third kappa shape index (κ3) is 8.97. The summed E-state index contributed by atoms with van der Waals surface area (Å²) in [5.41, 5.74) is 0. The second kappa shape index (κ2) is 9.96. The molecule has 0 aromatic heterocycles. The molecule has 14 heavy (non-hydrogen) atoms. The molecule has 0 aliphatic carbocycles. The molecular formula is C9H17N3O2. The summed E-state index contributed by atoms with van der Waals surface area (Å²) >= 11 is 0. The number of nitrogens with one attached hydrogen (secondary N) is 2. The number of ether oxygens (including phenoxy) is 1. The number of hydrogen-bond donors (Lipinski definition) is 2. The van der Waals surface area contributed by atoms with Gasteiger partial charge < -0.3 is 15.4 Å². The molecule has 0 aliphatic rings. The zero-order valence-electron chi connectivity index (χ0n) is 8.51. The molecule has 0 aliphatic heterocycles. The Balaban J connectivity index is 3.11. The Bertz CT molecular complexity index is 189. The molecule has 2 N–H and O–H groups in total. The number of nitrogens with zero attached hydrogens (tertiary/aromatic N) is 1. The Labute approximate surface area is 84.4 Å². The Morgan fingerprint density at radius 1 is 1.57 bits per heavy atom. The molecule has 0 rings (SSSR count). The largest absolute Gasteiger partial charge is 0.382 e. The van der Waals surface area contributed by atoms with Gasteiger partial charge in [0.05, 0.1) is 12.6 Å². The van der Waals surface area contributed by atoms with Crippen LogP contribution in [0.2, 0.25) is 0 Å². The van der Waals surface area contributed by atoms with Gasteiger partial charge in [-0.3, -0.25) is 4.79 Å². The Morgan fingerprint density at radius 3 is 3.00 bits per heavy atom. The SMILES string of the molecule is CCOCCCNCC(=O)NCC#N. The van der Waals surface area contributed by atoms with Crippen molar-refractivity contribution >= 4 is 5.91 Å². The van der Waals surface area contributed by atoms with Crippen LogP contribution in [0.1, 0.15) is 13.3 Å². The normalized spacial score (nSPS) is 9.43. The Morgan fingerprint density at radius 2 is 2.36 bits per heavy atom. The Kier molecular flexibility index (Phi) is 9.17. The third-order valence-electron chi connectivity index (χ3n) is 1.50. The predicted octanol–water partition coefficient (Wildman–Crippen LogP) is -0.358. The van der Waals surface area contributed by atoms with Gasteiger partial charge in [-0.1, -0.05) is 0 Å². The van der Waals surface area contributed by atoms with Crippen LogP contribution in [0.15, 0.2) is 0 Å². The summed E-state index contributed by atoms with van der Waals surface area (Å²) in [6.45, 7) is 4.46. The summed E-state index contributed by atoms with van der Waals surface area (Å²) in [7, 11) is 0. The highest BCUT2D eigenvalue weighted by Gasteiger charge is 1.97. The third-order valence-corrected chi connectivity index (χ3v) is 1.50. The van der Waals surface area contributed by atoms with Crippen LogP contribution in [-0.2, 0) is 9.53 Å². The molecular weight excluding hydrogens is 182 g/mol. The van der Waals surface area contributed by atoms with Crippen molar-refractivity contribution in [2.75, 3.05) is 32.8 Å². The van der Waals surface area contributed by atoms with Gasteiger partial charge in [0.1, 0.15) is 6.54 Å². The first kappa shape index (κ1) is 12.9. The lowest BCUT2D eigenvalue weighted by Crippen LogP contribution is -2.34. The molecule has 0 fully saturated rings. The minimum atomic E-state index is -0.150. The standard InChI is InChI=1S/C9H17N3O2/c1-2-14-7-3-5-11-8-9(13)12-6-4-10/h11H,2-3,5-8H2,1H3,(H,12,13). The van der Waals surface area contributed by atoms with Crippen LogP contribution in [0, 0.1) is 11.3 Å². The summed E-state index contributed by atoms with van der Waals surface area (Å²) in [6.07, 6.45) is 0.888. The molecule has 0 saturated heterocycles. The number of carbonyl (C=O) groups is 1. The lowest BCUT2D eigenvalue weighted by molar-refractivity contribution is -0.120. The van der Waals surface area contributed by atoms with E-state index in [1.165, 1.54) is 0 Å². The average molecular weight is 199 g/mol. The second-order valence-electron chi connectivity index (χ2n) is 2.66. The van der Waals surface area contributed by atoms with Crippen LogP contribution in [-0.4, -0.2) is 38.8 Å². The number of amides is 1. The minimum absolute atomic E-state index is 0.0689. The fourth-order valence-corrected chi connectivity index (χ4v) is 0.846. The zero-order chi connectivity index (χ0) is 10.6. The monoisotopic (exact) mass is 199 g/mol. The molecule has 0 spiro atoms. The summed E-state index contributed by atoms with van der Waals surface area (Å²) < 4.78 is 5.12. The minimum Gasteiger partial charge on any atom is -0.382 e. The molecule has 5 nitrogen and oxygen atoms in total. The predicted molar refractivity (Wildman–Crippen MR) is 52.6 cm³/mol. The van der Waals surface area contributed by atoms with Gasteiger partial charge in [0, 0.05) is 13.2 Å². The van der Waals surface area contributed by atoms with Crippen molar-refractivity contribution in [3.63, 3.8) is 0 Å². The summed E-state index contributed by atoms with van der Waals surface area (Å²) in [6, 6.07) is 1.84. The van der Waals surface area contributed by atoms with Crippen LogP contribution < -0.4 is 10.6 Å². The van der Waals surface area contributed by atoms with Crippen molar-refractivity contribution < 1.29 is 9.53 Å². The van der Waals surface area contributed by atoms with E-state index < -0.39 is 0 Å². The van der Waals surface area contributed by atoms with Crippen molar-refractivity contribution in [3.05, 3.63) is 0 Å². The first-order valence-corrected chi connectivity index (χ1v) is 4.73. The van der Waals surface area contributed by atoms with Crippen molar-refractivity contribution in [2.45, 2.75) is 13.3 Å². The van der Waals surface area contributed by atoms with Gasteiger partial charge in [0.15, 0.2) is 0 Å². The second-order valence-corrected chi connectivity index (χ2v) is 2.66. The molecule has 0 aromatic carbocycles. The maximum Gasteiger partial charge on any atom is 0.234 e. The van der Waals surface area contributed by atoms with Gasteiger partial charge in [-0.2, -0.15) is 5.26 Å². The summed E-state index contributed by atoms with van der Waals surface area (Å²) in [5.74, 6) is -0.150. The van der Waals surface area contributed by atoms with E-state index >= 15 is 0 Å². The lowest BCUT2D eigenvalue weighted by Gasteiger charge is -2.04. The van der Waals surface area contributed by atoms with Crippen LogP contribution in [0.25, 0.3) is 0 Å². The first-order valence-electron chi connectivity index (χ1n) is 4.73. The quantitative estimate of drug-likeness (QED) is 0.413. The van der Waals surface area contributed by atoms with Gasteiger partial charge >= 0.3 is 0 Å².